The van der Waals surface area contributed by atoms with Crippen LogP contribution in [0.3, 0.4) is 0 Å². The molecule has 0 atom stereocenters. The average molecular weight is 305 g/mol. The largest absolute Gasteiger partial charge is 0.392 e. The number of hydrogen-bond donors (Lipinski definition) is 2. The molecule has 0 fully saturated rings. The third-order valence-corrected chi connectivity index (χ3v) is 4.21. The second-order valence-corrected chi connectivity index (χ2v) is 6.67. The Morgan fingerprint density at radius 2 is 2.19 bits per heavy atom. The summed E-state index contributed by atoms with van der Waals surface area (Å²) < 4.78 is 0. The van der Waals surface area contributed by atoms with Crippen molar-refractivity contribution in [2.75, 3.05) is 5.32 Å². The highest BCUT2D eigenvalue weighted by molar-refractivity contribution is 7.09. The van der Waals surface area contributed by atoms with E-state index in [0.29, 0.717) is 11.3 Å². The highest BCUT2D eigenvalue weighted by atomic mass is 32.1. The summed E-state index contributed by atoms with van der Waals surface area (Å²) in [5.74, 6) is -0.163. The maximum absolute atomic E-state index is 12.1. The van der Waals surface area contributed by atoms with Crippen LogP contribution in [-0.2, 0) is 23.2 Å². The molecule has 2 aromatic heterocycles. The Kier molecular flexibility index (Phi) is 4.69. The highest BCUT2D eigenvalue weighted by Crippen LogP contribution is 2.25. The quantitative estimate of drug-likeness (QED) is 0.910. The summed E-state index contributed by atoms with van der Waals surface area (Å²) in [5.41, 5.74) is 1.94. The Morgan fingerprint density at radius 3 is 2.81 bits per heavy atom. The van der Waals surface area contributed by atoms with Crippen LogP contribution in [0, 0.1) is 0 Å². The van der Waals surface area contributed by atoms with E-state index < -0.39 is 0 Å². The predicted molar refractivity (Wildman–Crippen MR) is 83.3 cm³/mol. The normalized spacial score (nSPS) is 11.4. The van der Waals surface area contributed by atoms with Gasteiger partial charge >= 0.3 is 0 Å². The van der Waals surface area contributed by atoms with Crippen molar-refractivity contribution in [3.05, 3.63) is 40.1 Å². The van der Waals surface area contributed by atoms with E-state index in [1.54, 1.807) is 23.6 Å². The number of amides is 1. The second-order valence-electron chi connectivity index (χ2n) is 5.81. The van der Waals surface area contributed by atoms with Crippen LogP contribution in [0.5, 0.6) is 0 Å². The molecule has 5 nitrogen and oxygen atoms in total. The second kappa shape index (κ2) is 6.32. The SMILES string of the molecule is CC(C)(C)c1nc(CC(=O)Nc2cnccc2CO)cs1. The van der Waals surface area contributed by atoms with Gasteiger partial charge in [0.05, 0.1) is 35.6 Å². The van der Waals surface area contributed by atoms with Crippen LogP contribution in [0.2, 0.25) is 0 Å². The number of thiazole rings is 1. The lowest BCUT2D eigenvalue weighted by molar-refractivity contribution is -0.115. The van der Waals surface area contributed by atoms with Gasteiger partial charge in [0.1, 0.15) is 0 Å². The molecule has 112 valence electrons. The molecule has 6 heteroatoms. The number of nitrogens with one attached hydrogen (secondary N) is 1. The minimum atomic E-state index is -0.163. The molecule has 0 radical (unpaired) electrons. The Hall–Kier alpha value is -1.79. The molecule has 0 saturated carbocycles. The number of aromatic nitrogens is 2. The first-order valence-corrected chi connectivity index (χ1v) is 7.56. The Bertz CT molecular complexity index is 632. The lowest BCUT2D eigenvalue weighted by Gasteiger charge is -2.13. The van der Waals surface area contributed by atoms with Crippen molar-refractivity contribution in [2.45, 2.75) is 39.2 Å². The molecule has 2 aromatic rings. The molecule has 1 amide bonds. The molecule has 0 bridgehead atoms. The summed E-state index contributed by atoms with van der Waals surface area (Å²) in [6, 6.07) is 1.68. The van der Waals surface area contributed by atoms with Crippen molar-refractivity contribution in [1.82, 2.24) is 9.97 Å². The molecule has 0 spiro atoms. The number of pyridine rings is 1. The maximum atomic E-state index is 12.1. The molecule has 2 heterocycles. The summed E-state index contributed by atoms with van der Waals surface area (Å²) in [6.45, 7) is 6.15. The van der Waals surface area contributed by atoms with E-state index in [9.17, 15) is 9.90 Å². The Labute approximate surface area is 128 Å². The average Bonchev–Trinajstić information content (AvgIpc) is 2.87. The van der Waals surface area contributed by atoms with E-state index in [2.05, 4.69) is 36.1 Å². The fourth-order valence-electron chi connectivity index (χ4n) is 1.77. The number of carbonyl (C=O) groups excluding carboxylic acids is 1. The number of anilines is 1. The van der Waals surface area contributed by atoms with Gasteiger partial charge in [-0.15, -0.1) is 11.3 Å². The highest BCUT2D eigenvalue weighted by Gasteiger charge is 2.19. The first-order chi connectivity index (χ1) is 9.90. The Morgan fingerprint density at radius 1 is 1.43 bits per heavy atom. The minimum Gasteiger partial charge on any atom is -0.392 e. The van der Waals surface area contributed by atoms with Crippen LogP contribution in [0.4, 0.5) is 5.69 Å². The summed E-state index contributed by atoms with van der Waals surface area (Å²) in [7, 11) is 0. The number of hydrogen-bond acceptors (Lipinski definition) is 5. The number of rotatable bonds is 4. The molecule has 0 aromatic carbocycles. The van der Waals surface area contributed by atoms with Crippen molar-refractivity contribution in [2.24, 2.45) is 0 Å². The molecule has 2 rings (SSSR count). The smallest absolute Gasteiger partial charge is 0.230 e. The molecular formula is C15H19N3O2S. The third-order valence-electron chi connectivity index (χ3n) is 2.89. The van der Waals surface area contributed by atoms with Crippen molar-refractivity contribution in [3.8, 4) is 0 Å². The predicted octanol–water partition coefficient (Wildman–Crippen LogP) is 2.51. The van der Waals surface area contributed by atoms with E-state index in [-0.39, 0.29) is 24.3 Å². The van der Waals surface area contributed by atoms with Gasteiger partial charge < -0.3 is 10.4 Å². The third kappa shape index (κ3) is 4.09. The fraction of sp³-hybridized carbons (Fsp3) is 0.400. The minimum absolute atomic E-state index is 0.00714. The van der Waals surface area contributed by atoms with Crippen molar-refractivity contribution in [1.29, 1.82) is 0 Å². The van der Waals surface area contributed by atoms with Gasteiger partial charge in [-0.1, -0.05) is 20.8 Å². The summed E-state index contributed by atoms with van der Waals surface area (Å²) in [6.07, 6.45) is 3.33. The zero-order valence-electron chi connectivity index (χ0n) is 12.4. The number of aliphatic hydroxyl groups is 1. The van der Waals surface area contributed by atoms with Crippen LogP contribution in [0.25, 0.3) is 0 Å². The topological polar surface area (TPSA) is 75.1 Å². The molecule has 0 aliphatic heterocycles. The zero-order valence-corrected chi connectivity index (χ0v) is 13.2. The standard InChI is InChI=1S/C15H19N3O2S/c1-15(2,3)14-17-11(9-21-14)6-13(20)18-12-7-16-5-4-10(12)8-19/h4-5,7,9,19H,6,8H2,1-3H3,(H,18,20). The van der Waals surface area contributed by atoms with Gasteiger partial charge in [0, 0.05) is 22.6 Å². The molecular weight excluding hydrogens is 286 g/mol. The molecule has 0 unspecified atom stereocenters. The van der Waals surface area contributed by atoms with Gasteiger partial charge in [-0.3, -0.25) is 9.78 Å². The lowest BCUT2D eigenvalue weighted by Crippen LogP contribution is -2.16. The van der Waals surface area contributed by atoms with E-state index in [4.69, 9.17) is 0 Å². The lowest BCUT2D eigenvalue weighted by atomic mass is 9.98. The number of nitrogens with zero attached hydrogens (tertiary/aromatic N) is 2. The van der Waals surface area contributed by atoms with Gasteiger partial charge in [-0.2, -0.15) is 0 Å². The first-order valence-electron chi connectivity index (χ1n) is 6.68. The summed E-state index contributed by atoms with van der Waals surface area (Å²) in [5, 5.41) is 14.9. The van der Waals surface area contributed by atoms with Gasteiger partial charge in [0.2, 0.25) is 5.91 Å². The first kappa shape index (κ1) is 15.6. The summed E-state index contributed by atoms with van der Waals surface area (Å²) >= 11 is 1.57. The van der Waals surface area contributed by atoms with Gasteiger partial charge in [-0.05, 0) is 6.07 Å². The van der Waals surface area contributed by atoms with Gasteiger partial charge in [-0.25, -0.2) is 4.98 Å². The van der Waals surface area contributed by atoms with E-state index >= 15 is 0 Å². The van der Waals surface area contributed by atoms with Crippen molar-refractivity contribution in [3.63, 3.8) is 0 Å². The van der Waals surface area contributed by atoms with E-state index in [1.807, 2.05) is 5.38 Å². The van der Waals surface area contributed by atoms with Crippen LogP contribution in [0.1, 0.15) is 37.0 Å². The van der Waals surface area contributed by atoms with Crippen LogP contribution in [-0.4, -0.2) is 21.0 Å². The molecule has 0 saturated heterocycles. The van der Waals surface area contributed by atoms with E-state index in [1.165, 1.54) is 6.20 Å². The van der Waals surface area contributed by atoms with Gasteiger partial charge in [0.25, 0.3) is 0 Å². The molecule has 0 aliphatic carbocycles. The zero-order chi connectivity index (χ0) is 15.5. The number of aliphatic hydroxyl groups excluding tert-OH is 1. The summed E-state index contributed by atoms with van der Waals surface area (Å²) in [4.78, 5) is 20.5. The molecule has 2 N–H and O–H groups in total. The molecule has 21 heavy (non-hydrogen) atoms. The van der Waals surface area contributed by atoms with Crippen molar-refractivity contribution < 1.29 is 9.90 Å². The van der Waals surface area contributed by atoms with Crippen LogP contribution in [0.15, 0.2) is 23.8 Å². The Balaban J connectivity index is 2.03. The van der Waals surface area contributed by atoms with Crippen LogP contribution >= 0.6 is 11.3 Å². The van der Waals surface area contributed by atoms with Gasteiger partial charge in [0.15, 0.2) is 0 Å². The maximum Gasteiger partial charge on any atom is 0.230 e. The van der Waals surface area contributed by atoms with Crippen LogP contribution < -0.4 is 5.32 Å². The van der Waals surface area contributed by atoms with Crippen molar-refractivity contribution >= 4 is 22.9 Å². The van der Waals surface area contributed by atoms with E-state index in [0.717, 1.165) is 10.7 Å². The molecule has 0 aliphatic rings. The fourth-order valence-corrected chi connectivity index (χ4v) is 2.67. The number of carbonyl (C=O) groups is 1. The monoisotopic (exact) mass is 305 g/mol.